The number of fused-ring (bicyclic) bond motifs is 1. The highest BCUT2D eigenvalue weighted by Gasteiger charge is 2.35. The summed E-state index contributed by atoms with van der Waals surface area (Å²) in [5.41, 5.74) is 0.00941. The van der Waals surface area contributed by atoms with Crippen LogP contribution in [0.1, 0.15) is 24.0 Å². The molecule has 1 N–H and O–H groups in total. The fourth-order valence-corrected chi connectivity index (χ4v) is 5.60. The largest absolute Gasteiger partial charge is 0.491 e. The first kappa shape index (κ1) is 22.6. The average molecular weight is 468 g/mol. The maximum atomic E-state index is 13.0. The van der Waals surface area contributed by atoms with Gasteiger partial charge in [-0.05, 0) is 49.1 Å². The monoisotopic (exact) mass is 468 g/mol. The second kappa shape index (κ2) is 8.74. The Morgan fingerprint density at radius 3 is 2.50 bits per heavy atom. The van der Waals surface area contributed by atoms with Crippen molar-refractivity contribution in [3.63, 3.8) is 0 Å². The Hall–Kier alpha value is -2.59. The number of sulfonamides is 1. The van der Waals surface area contributed by atoms with Gasteiger partial charge in [0.25, 0.3) is 0 Å². The molecule has 0 saturated carbocycles. The minimum Gasteiger partial charge on any atom is -0.491 e. The lowest BCUT2D eigenvalue weighted by Crippen LogP contribution is -2.48. The first-order valence-corrected chi connectivity index (χ1v) is 11.8. The quantitative estimate of drug-likeness (QED) is 0.748. The number of nitrogens with one attached hydrogen (secondary N) is 1. The number of nitrogens with zero attached hydrogens (tertiary/aromatic N) is 1. The summed E-state index contributed by atoms with van der Waals surface area (Å²) in [5.74, 6) is 0.292. The van der Waals surface area contributed by atoms with E-state index in [1.165, 1.54) is 0 Å². The van der Waals surface area contributed by atoms with Crippen molar-refractivity contribution in [2.24, 2.45) is 5.92 Å². The smallest absolute Gasteiger partial charge is 0.416 e. The first-order valence-electron chi connectivity index (χ1n) is 10.3. The number of hydrogen-bond donors (Lipinski definition) is 1. The van der Waals surface area contributed by atoms with E-state index in [4.69, 9.17) is 4.74 Å². The number of ether oxygens (including phenoxy) is 1. The molecule has 0 aliphatic carbocycles. The molecule has 0 radical (unpaired) electrons. The second-order valence-corrected chi connectivity index (χ2v) is 9.97. The van der Waals surface area contributed by atoms with Crippen LogP contribution in [0.3, 0.4) is 0 Å². The summed E-state index contributed by atoms with van der Waals surface area (Å²) >= 11 is 0. The molecule has 1 saturated heterocycles. The van der Waals surface area contributed by atoms with E-state index in [1.54, 1.807) is 0 Å². The molecule has 1 amide bonds. The predicted molar refractivity (Wildman–Crippen MR) is 110 cm³/mol. The highest BCUT2D eigenvalue weighted by molar-refractivity contribution is 7.89. The van der Waals surface area contributed by atoms with Crippen molar-refractivity contribution >= 4 is 15.9 Å². The van der Waals surface area contributed by atoms with Gasteiger partial charge in [-0.2, -0.15) is 17.5 Å². The van der Waals surface area contributed by atoms with E-state index in [0.717, 1.165) is 33.8 Å². The van der Waals surface area contributed by atoms with Gasteiger partial charge in [-0.25, -0.2) is 8.42 Å². The Balaban J connectivity index is 1.35. The lowest BCUT2D eigenvalue weighted by Gasteiger charge is -2.32. The third-order valence-electron chi connectivity index (χ3n) is 5.85. The minimum atomic E-state index is -4.63. The van der Waals surface area contributed by atoms with Gasteiger partial charge in [0.1, 0.15) is 12.4 Å². The van der Waals surface area contributed by atoms with Crippen molar-refractivity contribution < 1.29 is 31.1 Å². The normalized spacial score (nSPS) is 20.3. The molecule has 0 bridgehead atoms. The molecule has 6 nitrogen and oxygen atoms in total. The number of carbonyl (C=O) groups excluding carboxylic acids is 1. The second-order valence-electron chi connectivity index (χ2n) is 8.03. The maximum Gasteiger partial charge on any atom is 0.416 e. The molecule has 10 heteroatoms. The molecule has 2 aromatic rings. The highest BCUT2D eigenvalue weighted by Crippen LogP contribution is 2.32. The fourth-order valence-electron chi connectivity index (χ4n) is 4.08. The molecule has 2 heterocycles. The number of rotatable bonds is 4. The molecule has 1 atom stereocenters. The van der Waals surface area contributed by atoms with Gasteiger partial charge in [0.15, 0.2) is 0 Å². The molecule has 0 unspecified atom stereocenters. The summed E-state index contributed by atoms with van der Waals surface area (Å²) < 4.78 is 71.3. The molecule has 172 valence electrons. The SMILES string of the molecule is O=C(N[C@H]1COc2ccccc2C1)C1CCN(S(=O)(=O)c2cccc(C(F)(F)F)c2)CC1. The summed E-state index contributed by atoms with van der Waals surface area (Å²) in [5, 5.41) is 2.98. The Labute approximate surface area is 184 Å². The number of hydrogen-bond acceptors (Lipinski definition) is 4. The number of halogens is 3. The number of amides is 1. The van der Waals surface area contributed by atoms with Crippen LogP contribution in [0, 0.1) is 5.92 Å². The van der Waals surface area contributed by atoms with Gasteiger partial charge >= 0.3 is 6.18 Å². The molecule has 2 aliphatic heterocycles. The van der Waals surface area contributed by atoms with Crippen LogP contribution >= 0.6 is 0 Å². The molecular formula is C22H23F3N2O4S. The van der Waals surface area contributed by atoms with Crippen molar-refractivity contribution in [1.29, 1.82) is 0 Å². The van der Waals surface area contributed by atoms with E-state index in [2.05, 4.69) is 5.32 Å². The van der Waals surface area contributed by atoms with Gasteiger partial charge in [-0.15, -0.1) is 0 Å². The van der Waals surface area contributed by atoms with Gasteiger partial charge < -0.3 is 10.1 Å². The maximum absolute atomic E-state index is 13.0. The lowest BCUT2D eigenvalue weighted by atomic mass is 9.96. The predicted octanol–water partition coefficient (Wildman–Crippen LogP) is 3.23. The summed E-state index contributed by atoms with van der Waals surface area (Å²) in [6.45, 7) is 0.507. The molecule has 2 aliphatic rings. The Bertz CT molecular complexity index is 1100. The number of para-hydroxylation sites is 1. The van der Waals surface area contributed by atoms with Crippen molar-refractivity contribution in [2.45, 2.75) is 36.4 Å². The van der Waals surface area contributed by atoms with E-state index < -0.39 is 26.7 Å². The van der Waals surface area contributed by atoms with Crippen LogP contribution in [0.2, 0.25) is 0 Å². The van der Waals surface area contributed by atoms with Crippen LogP contribution in [0.15, 0.2) is 53.4 Å². The van der Waals surface area contributed by atoms with Crippen LogP contribution in [0.25, 0.3) is 0 Å². The summed E-state index contributed by atoms with van der Waals surface area (Å²) in [6.07, 6.45) is -3.37. The Morgan fingerprint density at radius 2 is 1.78 bits per heavy atom. The molecule has 0 aromatic heterocycles. The van der Waals surface area contributed by atoms with Crippen molar-refractivity contribution in [2.75, 3.05) is 19.7 Å². The highest BCUT2D eigenvalue weighted by atomic mass is 32.2. The van der Waals surface area contributed by atoms with Crippen molar-refractivity contribution in [3.05, 3.63) is 59.7 Å². The van der Waals surface area contributed by atoms with Gasteiger partial charge in [-0.3, -0.25) is 4.79 Å². The summed E-state index contributed by atoms with van der Waals surface area (Å²) in [7, 11) is -4.07. The molecular weight excluding hydrogens is 445 g/mol. The lowest BCUT2D eigenvalue weighted by molar-refractivity contribution is -0.137. The van der Waals surface area contributed by atoms with Gasteiger partial charge in [0.2, 0.25) is 15.9 Å². The van der Waals surface area contributed by atoms with Crippen LogP contribution in [0.5, 0.6) is 5.75 Å². The average Bonchev–Trinajstić information content (AvgIpc) is 2.78. The van der Waals surface area contributed by atoms with Crippen molar-refractivity contribution in [3.8, 4) is 5.75 Å². The van der Waals surface area contributed by atoms with Crippen molar-refractivity contribution in [1.82, 2.24) is 9.62 Å². The van der Waals surface area contributed by atoms with E-state index in [-0.39, 0.29) is 31.0 Å². The van der Waals surface area contributed by atoms with Crippen LogP contribution < -0.4 is 10.1 Å². The Kier molecular flexibility index (Phi) is 6.17. The topological polar surface area (TPSA) is 75.7 Å². The Morgan fingerprint density at radius 1 is 1.06 bits per heavy atom. The minimum absolute atomic E-state index is 0.0701. The zero-order valence-corrected chi connectivity index (χ0v) is 18.0. The molecule has 4 rings (SSSR count). The third-order valence-corrected chi connectivity index (χ3v) is 7.74. The number of alkyl halides is 3. The van der Waals surface area contributed by atoms with Crippen LogP contribution in [0.4, 0.5) is 13.2 Å². The first-order chi connectivity index (χ1) is 15.1. The van der Waals surface area contributed by atoms with Gasteiger partial charge in [0.05, 0.1) is 16.5 Å². The van der Waals surface area contributed by atoms with Crippen LogP contribution in [-0.4, -0.2) is 44.4 Å². The standard InChI is InChI=1S/C22H23F3N2O4S/c23-22(24,25)17-5-3-6-19(13-17)32(29,30)27-10-8-15(9-11-27)21(28)26-18-12-16-4-1-2-7-20(16)31-14-18/h1-7,13,15,18H,8-12,14H2,(H,26,28)/t18-/m1/s1. The van der Waals surface area contributed by atoms with Gasteiger partial charge in [0, 0.05) is 19.0 Å². The molecule has 0 spiro atoms. The van der Waals surface area contributed by atoms with E-state index >= 15 is 0 Å². The third kappa shape index (κ3) is 4.75. The fraction of sp³-hybridized carbons (Fsp3) is 0.409. The number of piperidine rings is 1. The molecule has 2 aromatic carbocycles. The molecule has 1 fully saturated rings. The van der Waals surface area contributed by atoms with Gasteiger partial charge in [-0.1, -0.05) is 24.3 Å². The van der Waals surface area contributed by atoms with Crippen LogP contribution in [-0.2, 0) is 27.4 Å². The van der Waals surface area contributed by atoms with E-state index in [9.17, 15) is 26.4 Å². The number of benzene rings is 2. The zero-order chi connectivity index (χ0) is 22.9. The summed E-state index contributed by atoms with van der Waals surface area (Å²) in [4.78, 5) is 12.3. The van der Waals surface area contributed by atoms with E-state index in [0.29, 0.717) is 31.9 Å². The molecule has 32 heavy (non-hydrogen) atoms. The summed E-state index contributed by atoms with van der Waals surface area (Å²) in [6, 6.07) is 11.2. The number of carbonyl (C=O) groups is 1. The van der Waals surface area contributed by atoms with E-state index in [1.807, 2.05) is 24.3 Å². The zero-order valence-electron chi connectivity index (χ0n) is 17.1.